The van der Waals surface area contributed by atoms with Crippen LogP contribution in [0, 0.1) is 0 Å². The molecule has 1 atom stereocenters. The average Bonchev–Trinajstić information content (AvgIpc) is 2.59. The topological polar surface area (TPSA) is 55.8 Å². The van der Waals surface area contributed by atoms with Gasteiger partial charge in [-0.15, -0.1) is 0 Å². The van der Waals surface area contributed by atoms with Gasteiger partial charge in [0, 0.05) is 18.6 Å². The van der Waals surface area contributed by atoms with Crippen molar-refractivity contribution in [3.05, 3.63) is 29.3 Å². The Morgan fingerprint density at radius 2 is 2.28 bits per heavy atom. The van der Waals surface area contributed by atoms with Crippen molar-refractivity contribution in [3.8, 4) is 5.75 Å². The van der Waals surface area contributed by atoms with Crippen LogP contribution < -0.4 is 4.74 Å². The smallest absolute Gasteiger partial charge is 0.337 e. The molecule has 0 bridgehead atoms. The molecule has 0 spiro atoms. The number of hydrogen-bond acceptors (Lipinski definition) is 3. The lowest BCUT2D eigenvalue weighted by Gasteiger charge is -2.20. The summed E-state index contributed by atoms with van der Waals surface area (Å²) in [5.74, 6) is -0.318. The predicted molar refractivity (Wildman–Crippen MR) is 66.9 cm³/mol. The molecule has 0 radical (unpaired) electrons. The molecule has 2 rings (SSSR count). The van der Waals surface area contributed by atoms with E-state index in [2.05, 4.69) is 0 Å². The van der Waals surface area contributed by atoms with E-state index >= 15 is 0 Å². The first kappa shape index (κ1) is 12.9. The second-order valence-electron chi connectivity index (χ2n) is 5.05. The number of rotatable bonds is 4. The Kier molecular flexibility index (Phi) is 3.30. The van der Waals surface area contributed by atoms with Gasteiger partial charge in [0.25, 0.3) is 0 Å². The van der Waals surface area contributed by atoms with Gasteiger partial charge in [-0.3, -0.25) is 0 Å². The molecule has 4 nitrogen and oxygen atoms in total. The molecular formula is C14H18O4. The molecule has 4 heteroatoms. The molecule has 1 aliphatic heterocycles. The van der Waals surface area contributed by atoms with Gasteiger partial charge in [0.1, 0.15) is 11.4 Å². The highest BCUT2D eigenvalue weighted by Crippen LogP contribution is 2.40. The fourth-order valence-electron chi connectivity index (χ4n) is 2.31. The van der Waals surface area contributed by atoms with E-state index in [0.717, 1.165) is 12.0 Å². The number of hydrogen-bond donors (Lipinski definition) is 1. The maximum absolute atomic E-state index is 11.3. The first-order valence-electron chi connectivity index (χ1n) is 6.10. The molecule has 1 aliphatic rings. The van der Waals surface area contributed by atoms with E-state index < -0.39 is 12.1 Å². The summed E-state index contributed by atoms with van der Waals surface area (Å²) in [6.07, 6.45) is -0.173. The van der Waals surface area contributed by atoms with Crippen LogP contribution in [0.5, 0.6) is 5.75 Å². The minimum atomic E-state index is -0.987. The summed E-state index contributed by atoms with van der Waals surface area (Å²) in [5, 5.41) is 9.24. The molecule has 18 heavy (non-hydrogen) atoms. The van der Waals surface area contributed by atoms with Crippen LogP contribution in [0.2, 0.25) is 0 Å². The van der Waals surface area contributed by atoms with Crippen LogP contribution in [0.25, 0.3) is 0 Å². The van der Waals surface area contributed by atoms with E-state index in [1.54, 1.807) is 13.0 Å². The maximum atomic E-state index is 11.3. The van der Waals surface area contributed by atoms with E-state index in [4.69, 9.17) is 9.47 Å². The van der Waals surface area contributed by atoms with Gasteiger partial charge in [-0.2, -0.15) is 0 Å². The van der Waals surface area contributed by atoms with Crippen molar-refractivity contribution in [2.24, 2.45) is 0 Å². The van der Waals surface area contributed by atoms with Gasteiger partial charge in [-0.1, -0.05) is 18.2 Å². The molecule has 1 heterocycles. The highest BCUT2D eigenvalue weighted by atomic mass is 16.5. The van der Waals surface area contributed by atoms with Crippen LogP contribution in [-0.4, -0.2) is 23.3 Å². The maximum Gasteiger partial charge on any atom is 0.337 e. The van der Waals surface area contributed by atoms with Crippen molar-refractivity contribution >= 4 is 5.97 Å². The Balaban J connectivity index is 2.41. The van der Waals surface area contributed by atoms with Crippen molar-refractivity contribution < 1.29 is 19.4 Å². The molecule has 98 valence electrons. The number of para-hydroxylation sites is 1. The van der Waals surface area contributed by atoms with E-state index in [-0.39, 0.29) is 5.60 Å². The van der Waals surface area contributed by atoms with E-state index in [9.17, 15) is 9.90 Å². The fourth-order valence-corrected chi connectivity index (χ4v) is 2.31. The second-order valence-corrected chi connectivity index (χ2v) is 5.05. The van der Waals surface area contributed by atoms with Crippen molar-refractivity contribution in [2.75, 3.05) is 6.61 Å². The zero-order chi connectivity index (χ0) is 13.3. The first-order valence-corrected chi connectivity index (χ1v) is 6.10. The van der Waals surface area contributed by atoms with Gasteiger partial charge in [0.05, 0.1) is 0 Å². The molecule has 0 saturated heterocycles. The third-order valence-electron chi connectivity index (χ3n) is 2.96. The standard InChI is InChI=1S/C14H18O4/c1-4-17-12(13(15)16)10-7-5-6-9-8-14(2,3)18-11(9)10/h5-7,12H,4,8H2,1-3H3,(H,15,16). The Morgan fingerprint density at radius 3 is 2.89 bits per heavy atom. The van der Waals surface area contributed by atoms with Crippen LogP contribution in [-0.2, 0) is 16.0 Å². The summed E-state index contributed by atoms with van der Waals surface area (Å²) < 4.78 is 11.2. The fraction of sp³-hybridized carbons (Fsp3) is 0.500. The average molecular weight is 250 g/mol. The molecule has 1 aromatic carbocycles. The van der Waals surface area contributed by atoms with Crippen molar-refractivity contribution in [3.63, 3.8) is 0 Å². The van der Waals surface area contributed by atoms with Crippen molar-refractivity contribution in [1.29, 1.82) is 0 Å². The summed E-state index contributed by atoms with van der Waals surface area (Å²) >= 11 is 0. The molecule has 1 N–H and O–H groups in total. The summed E-state index contributed by atoms with van der Waals surface area (Å²) in [7, 11) is 0. The zero-order valence-electron chi connectivity index (χ0n) is 10.9. The Morgan fingerprint density at radius 1 is 1.56 bits per heavy atom. The number of carboxylic acid groups (broad SMARTS) is 1. The second kappa shape index (κ2) is 4.61. The van der Waals surface area contributed by atoms with Gasteiger partial charge in [0.15, 0.2) is 6.10 Å². The molecule has 1 unspecified atom stereocenters. The lowest BCUT2D eigenvalue weighted by molar-refractivity contribution is -0.150. The molecular weight excluding hydrogens is 232 g/mol. The Bertz CT molecular complexity index is 465. The number of carbonyl (C=O) groups is 1. The molecule has 0 fully saturated rings. The lowest BCUT2D eigenvalue weighted by atomic mass is 9.99. The van der Waals surface area contributed by atoms with Gasteiger partial charge < -0.3 is 14.6 Å². The number of carboxylic acids is 1. The zero-order valence-corrected chi connectivity index (χ0v) is 10.9. The minimum absolute atomic E-state index is 0.284. The molecule has 0 saturated carbocycles. The van der Waals surface area contributed by atoms with Gasteiger partial charge in [0.2, 0.25) is 0 Å². The third kappa shape index (κ3) is 2.34. The number of ether oxygens (including phenoxy) is 2. The highest BCUT2D eigenvalue weighted by molar-refractivity contribution is 5.76. The van der Waals surface area contributed by atoms with Crippen molar-refractivity contribution in [2.45, 2.75) is 38.9 Å². The monoisotopic (exact) mass is 250 g/mol. The lowest BCUT2D eigenvalue weighted by Crippen LogP contribution is -2.25. The molecule has 0 amide bonds. The number of benzene rings is 1. The summed E-state index contributed by atoms with van der Waals surface area (Å²) in [6, 6.07) is 5.58. The van der Waals surface area contributed by atoms with Crippen LogP contribution in [0.3, 0.4) is 0 Å². The molecule has 0 aliphatic carbocycles. The largest absolute Gasteiger partial charge is 0.487 e. The van der Waals surface area contributed by atoms with E-state index in [1.807, 2.05) is 26.0 Å². The first-order chi connectivity index (χ1) is 8.44. The minimum Gasteiger partial charge on any atom is -0.487 e. The van der Waals surface area contributed by atoms with Crippen molar-refractivity contribution in [1.82, 2.24) is 0 Å². The van der Waals surface area contributed by atoms with Gasteiger partial charge >= 0.3 is 5.97 Å². The van der Waals surface area contributed by atoms with Crippen LogP contribution >= 0.6 is 0 Å². The van der Waals surface area contributed by atoms with Gasteiger partial charge in [-0.05, 0) is 26.3 Å². The molecule has 0 aromatic heterocycles. The van der Waals surface area contributed by atoms with Gasteiger partial charge in [-0.25, -0.2) is 4.79 Å². The SMILES string of the molecule is CCOC(C(=O)O)c1cccc2c1OC(C)(C)C2. The quantitative estimate of drug-likeness (QED) is 0.892. The van der Waals surface area contributed by atoms with Crippen LogP contribution in [0.4, 0.5) is 0 Å². The Hall–Kier alpha value is -1.55. The summed E-state index contributed by atoms with van der Waals surface area (Å²) in [4.78, 5) is 11.3. The van der Waals surface area contributed by atoms with E-state index in [1.165, 1.54) is 0 Å². The highest BCUT2D eigenvalue weighted by Gasteiger charge is 2.35. The predicted octanol–water partition coefficient (Wildman–Crippen LogP) is 2.56. The Labute approximate surface area is 107 Å². The normalized spacial score (nSPS) is 17.9. The van der Waals surface area contributed by atoms with Crippen LogP contribution in [0.15, 0.2) is 18.2 Å². The number of fused-ring (bicyclic) bond motifs is 1. The molecule has 1 aromatic rings. The van der Waals surface area contributed by atoms with E-state index in [0.29, 0.717) is 17.9 Å². The summed E-state index contributed by atoms with van der Waals surface area (Å²) in [5.41, 5.74) is 1.36. The summed E-state index contributed by atoms with van der Waals surface area (Å²) in [6.45, 7) is 6.12. The third-order valence-corrected chi connectivity index (χ3v) is 2.96. The number of aliphatic carboxylic acids is 1. The van der Waals surface area contributed by atoms with Crippen LogP contribution in [0.1, 0.15) is 38.0 Å².